The number of quaternary nitrogens is 1. The molecule has 0 saturated heterocycles. The molecule has 1 aliphatic heterocycles. The zero-order valence-electron chi connectivity index (χ0n) is 11.6. The molecule has 22 heavy (non-hydrogen) atoms. The minimum Gasteiger partial charge on any atom is -0.701 e. The number of amides is 1. The van der Waals surface area contributed by atoms with E-state index in [0.717, 1.165) is 6.20 Å². The van der Waals surface area contributed by atoms with Crippen LogP contribution in [0.25, 0.3) is 0 Å². The third-order valence-electron chi connectivity index (χ3n) is 4.35. The second kappa shape index (κ2) is 5.72. The summed E-state index contributed by atoms with van der Waals surface area (Å²) in [6, 6.07) is -1.20. The summed E-state index contributed by atoms with van der Waals surface area (Å²) in [5.74, 6) is -1.63. The maximum absolute atomic E-state index is 11.8. The van der Waals surface area contributed by atoms with E-state index in [9.17, 15) is 33.1 Å². The molecule has 1 saturated carbocycles. The molecular formula is C12H18N2O7S. The van der Waals surface area contributed by atoms with Crippen LogP contribution in [0.2, 0.25) is 0 Å². The van der Waals surface area contributed by atoms with Gasteiger partial charge in [-0.2, -0.15) is 12.3 Å². The molecule has 5 unspecified atom stereocenters. The highest BCUT2D eigenvalue weighted by atomic mass is 32.2. The number of carbonyl (C=O) groups excluding carboxylic acids is 1. The van der Waals surface area contributed by atoms with Crippen molar-refractivity contribution in [3.63, 3.8) is 0 Å². The molecule has 0 aromatic carbocycles. The monoisotopic (exact) mass is 334 g/mol. The molecule has 5 atom stereocenters. The number of nitrogens with two attached hydrogens (primary N) is 1. The van der Waals surface area contributed by atoms with Gasteiger partial charge in [0, 0.05) is 18.9 Å². The molecule has 5 N–H and O–H groups in total. The molecule has 1 heterocycles. The number of primary amides is 1. The van der Waals surface area contributed by atoms with Gasteiger partial charge in [-0.1, -0.05) is 0 Å². The maximum atomic E-state index is 11.8. The minimum atomic E-state index is -5.03. The van der Waals surface area contributed by atoms with Gasteiger partial charge >= 0.3 is 0 Å². The van der Waals surface area contributed by atoms with E-state index in [0.29, 0.717) is 0 Å². The van der Waals surface area contributed by atoms with Crippen LogP contribution in [0.3, 0.4) is 0 Å². The van der Waals surface area contributed by atoms with Gasteiger partial charge in [0.2, 0.25) is 5.91 Å². The fraction of sp³-hybridized carbons (Fsp3) is 0.583. The van der Waals surface area contributed by atoms with Crippen LogP contribution >= 0.6 is 0 Å². The second-order valence-corrected chi connectivity index (χ2v) is 7.10. The Morgan fingerprint density at radius 3 is 2.50 bits per heavy atom. The van der Waals surface area contributed by atoms with Crippen LogP contribution in [0.15, 0.2) is 23.9 Å². The zero-order chi connectivity index (χ0) is 16.7. The summed E-state index contributed by atoms with van der Waals surface area (Å²) in [5, 5.41) is 29.2. The Morgan fingerprint density at radius 2 is 2.05 bits per heavy atom. The molecule has 10 heteroatoms. The van der Waals surface area contributed by atoms with E-state index in [1.54, 1.807) is 0 Å². The molecule has 0 bridgehead atoms. The van der Waals surface area contributed by atoms with Gasteiger partial charge in [-0.15, -0.1) is 0 Å². The van der Waals surface area contributed by atoms with Crippen LogP contribution in [0, 0.1) is 5.92 Å². The Bertz CT molecular complexity index is 629. The first-order valence-electron chi connectivity index (χ1n) is 6.62. The lowest BCUT2D eigenvalue weighted by atomic mass is 10.1. The third-order valence-corrected chi connectivity index (χ3v) is 5.71. The zero-order valence-corrected chi connectivity index (χ0v) is 12.4. The molecule has 1 amide bonds. The summed E-state index contributed by atoms with van der Waals surface area (Å²) in [4.78, 5) is 11.3. The van der Waals surface area contributed by atoms with Crippen molar-refractivity contribution in [1.29, 1.82) is 0 Å². The summed E-state index contributed by atoms with van der Waals surface area (Å²) >= 11 is 0. The lowest BCUT2D eigenvalue weighted by molar-refractivity contribution is -0.785. The smallest absolute Gasteiger partial charge is 0.259 e. The molecule has 2 rings (SSSR count). The number of aliphatic hydroxyl groups excluding tert-OH is 3. The van der Waals surface area contributed by atoms with E-state index in [2.05, 4.69) is 0 Å². The van der Waals surface area contributed by atoms with Crippen LogP contribution in [0.1, 0.15) is 6.42 Å². The molecule has 0 aromatic rings. The number of hydrogen-bond donors (Lipinski definition) is 4. The standard InChI is InChI=1S/C12H18N2O7S/c13-12(18)7-2-1-3-14(5-7,22(19,20)21)9-4-8(6-15)10(16)11(9)17/h1-3,8-11,15-17H,4-6H2,(H2-,13,18,19,20,21). The quantitative estimate of drug-likeness (QED) is 0.321. The van der Waals surface area contributed by atoms with E-state index in [1.807, 2.05) is 0 Å². The average molecular weight is 334 g/mol. The van der Waals surface area contributed by atoms with Crippen molar-refractivity contribution in [1.82, 2.24) is 0 Å². The van der Waals surface area contributed by atoms with Crippen molar-refractivity contribution >= 4 is 16.2 Å². The molecule has 9 nitrogen and oxygen atoms in total. The highest BCUT2D eigenvalue weighted by Gasteiger charge is 2.55. The van der Waals surface area contributed by atoms with Gasteiger partial charge in [-0.3, -0.25) is 4.79 Å². The maximum Gasteiger partial charge on any atom is 0.259 e. The number of hydrogen-bond acceptors (Lipinski definition) is 7. The van der Waals surface area contributed by atoms with Crippen molar-refractivity contribution < 1.29 is 37.0 Å². The summed E-state index contributed by atoms with van der Waals surface area (Å²) in [6.07, 6.45) is 0.600. The van der Waals surface area contributed by atoms with Gasteiger partial charge in [0.05, 0.1) is 11.7 Å². The molecule has 124 valence electrons. The number of aliphatic hydroxyl groups is 3. The number of allylic oxidation sites excluding steroid dienone is 2. The SMILES string of the molecule is NC(=O)C1=CC=C[N+](C2CC(CO)C(O)C2O)(S(=O)(=O)[O-])C1. The highest BCUT2D eigenvalue weighted by Crippen LogP contribution is 2.38. The molecular weight excluding hydrogens is 316 g/mol. The first-order chi connectivity index (χ1) is 10.1. The highest BCUT2D eigenvalue weighted by molar-refractivity contribution is 7.80. The first-order valence-corrected chi connectivity index (χ1v) is 7.99. The summed E-state index contributed by atoms with van der Waals surface area (Å²) < 4.78 is 34.3. The molecule has 2 aliphatic rings. The topological polar surface area (TPSA) is 161 Å². The van der Waals surface area contributed by atoms with Crippen LogP contribution in [0.4, 0.5) is 0 Å². The summed E-state index contributed by atoms with van der Waals surface area (Å²) in [7, 11) is -5.03. The number of carbonyl (C=O) groups is 1. The van der Waals surface area contributed by atoms with Crippen molar-refractivity contribution in [2.24, 2.45) is 11.7 Å². The molecule has 0 radical (unpaired) electrons. The lowest BCUT2D eigenvalue weighted by Gasteiger charge is -2.43. The number of nitrogens with zero attached hydrogens (tertiary/aromatic N) is 1. The largest absolute Gasteiger partial charge is 0.701 e. The Kier molecular flexibility index (Phi) is 4.44. The van der Waals surface area contributed by atoms with E-state index in [1.165, 1.54) is 12.2 Å². The van der Waals surface area contributed by atoms with Crippen molar-refractivity contribution in [2.45, 2.75) is 24.7 Å². The molecule has 1 aliphatic carbocycles. The van der Waals surface area contributed by atoms with Gasteiger partial charge in [-0.25, -0.2) is 0 Å². The predicted octanol–water partition coefficient (Wildman–Crippen LogP) is -2.69. The average Bonchev–Trinajstić information content (AvgIpc) is 2.74. The summed E-state index contributed by atoms with van der Waals surface area (Å²) in [5.41, 5.74) is 5.07. The number of rotatable bonds is 4. The van der Waals surface area contributed by atoms with Crippen LogP contribution in [-0.2, 0) is 15.1 Å². The third kappa shape index (κ3) is 2.57. The second-order valence-electron chi connectivity index (χ2n) is 5.56. The summed E-state index contributed by atoms with van der Waals surface area (Å²) in [6.45, 7) is -0.986. The molecule has 1 fully saturated rings. The van der Waals surface area contributed by atoms with Gasteiger partial charge in [0.1, 0.15) is 24.9 Å². The Labute approximate surface area is 127 Å². The molecule has 0 aromatic heterocycles. The van der Waals surface area contributed by atoms with E-state index >= 15 is 0 Å². The van der Waals surface area contributed by atoms with Crippen molar-refractivity contribution in [2.75, 3.05) is 13.2 Å². The van der Waals surface area contributed by atoms with E-state index in [4.69, 9.17) is 5.73 Å². The predicted molar refractivity (Wildman–Crippen MR) is 72.2 cm³/mol. The lowest BCUT2D eigenvalue weighted by Crippen LogP contribution is -2.60. The van der Waals surface area contributed by atoms with Crippen LogP contribution in [0.5, 0.6) is 0 Å². The minimum absolute atomic E-state index is 0.0731. The Morgan fingerprint density at radius 1 is 1.41 bits per heavy atom. The Hall–Kier alpha value is -1.30. The van der Waals surface area contributed by atoms with Crippen molar-refractivity contribution in [3.8, 4) is 0 Å². The van der Waals surface area contributed by atoms with Crippen LogP contribution in [-0.4, -0.2) is 69.5 Å². The normalized spacial score (nSPS) is 38.8. The van der Waals surface area contributed by atoms with Crippen LogP contribution < -0.4 is 5.73 Å². The first kappa shape index (κ1) is 17.1. The van der Waals surface area contributed by atoms with Gasteiger partial charge in [0.25, 0.3) is 10.3 Å². The van der Waals surface area contributed by atoms with E-state index < -0.39 is 57.4 Å². The van der Waals surface area contributed by atoms with Gasteiger partial charge < -0.3 is 25.6 Å². The molecule has 0 spiro atoms. The van der Waals surface area contributed by atoms with Gasteiger partial charge in [0.15, 0.2) is 0 Å². The van der Waals surface area contributed by atoms with E-state index in [-0.39, 0.29) is 12.0 Å². The Balaban J connectivity index is 2.48. The van der Waals surface area contributed by atoms with Crippen molar-refractivity contribution in [3.05, 3.63) is 23.9 Å². The fourth-order valence-corrected chi connectivity index (χ4v) is 4.16. The van der Waals surface area contributed by atoms with Gasteiger partial charge in [-0.05, 0) is 12.2 Å². The fourth-order valence-electron chi connectivity index (χ4n) is 3.10.